The van der Waals surface area contributed by atoms with Gasteiger partial charge in [0.25, 0.3) is 0 Å². The summed E-state index contributed by atoms with van der Waals surface area (Å²) in [6, 6.07) is 7.72. The highest BCUT2D eigenvalue weighted by molar-refractivity contribution is 8.13. The van der Waals surface area contributed by atoms with E-state index in [-0.39, 0.29) is 0 Å². The summed E-state index contributed by atoms with van der Waals surface area (Å²) in [5, 5.41) is 1.73. The summed E-state index contributed by atoms with van der Waals surface area (Å²) in [6.45, 7) is 0. The van der Waals surface area contributed by atoms with Crippen molar-refractivity contribution in [2.24, 2.45) is 4.99 Å². The number of rotatable bonds is 1. The molecule has 0 saturated heterocycles. The van der Waals surface area contributed by atoms with Crippen LogP contribution in [0.2, 0.25) is 5.02 Å². The number of halogens is 1. The van der Waals surface area contributed by atoms with Crippen LogP contribution in [0.3, 0.4) is 0 Å². The van der Waals surface area contributed by atoms with Gasteiger partial charge in [-0.15, -0.1) is 11.8 Å². The molecule has 3 heteroatoms. The minimum Gasteiger partial charge on any atom is -0.281 e. The summed E-state index contributed by atoms with van der Waals surface area (Å²) in [5.41, 5.74) is 1.01. The standard InChI is InChI=1S/C9H10ClNS/c1-11-9(12-2)7-5-3-4-6-8(7)10/h3-6H,1-2H3. The van der Waals surface area contributed by atoms with Crippen molar-refractivity contribution in [3.05, 3.63) is 34.9 Å². The molecule has 0 atom stereocenters. The van der Waals surface area contributed by atoms with Crippen molar-refractivity contribution in [3.8, 4) is 0 Å². The molecule has 1 nitrogen and oxygen atoms in total. The monoisotopic (exact) mass is 199 g/mol. The van der Waals surface area contributed by atoms with Crippen LogP contribution in [0.4, 0.5) is 0 Å². The maximum Gasteiger partial charge on any atom is 0.0985 e. The maximum absolute atomic E-state index is 5.98. The van der Waals surface area contributed by atoms with Crippen molar-refractivity contribution in [2.75, 3.05) is 13.3 Å². The summed E-state index contributed by atoms with van der Waals surface area (Å²) in [6.07, 6.45) is 1.99. The van der Waals surface area contributed by atoms with E-state index in [1.165, 1.54) is 0 Å². The first kappa shape index (κ1) is 9.62. The molecule has 0 aliphatic heterocycles. The van der Waals surface area contributed by atoms with Gasteiger partial charge < -0.3 is 0 Å². The Morgan fingerprint density at radius 2 is 2.08 bits per heavy atom. The molecule has 0 amide bonds. The van der Waals surface area contributed by atoms with Gasteiger partial charge in [0.1, 0.15) is 0 Å². The van der Waals surface area contributed by atoms with Gasteiger partial charge in [-0.3, -0.25) is 4.99 Å². The van der Waals surface area contributed by atoms with Crippen molar-refractivity contribution >= 4 is 28.4 Å². The first-order valence-corrected chi connectivity index (χ1v) is 5.15. The molecule has 0 aliphatic rings. The molecule has 0 heterocycles. The number of benzene rings is 1. The van der Waals surface area contributed by atoms with E-state index in [0.717, 1.165) is 15.6 Å². The summed E-state index contributed by atoms with van der Waals surface area (Å²) >= 11 is 7.59. The molecule has 0 aliphatic carbocycles. The van der Waals surface area contributed by atoms with E-state index in [1.807, 2.05) is 30.5 Å². The summed E-state index contributed by atoms with van der Waals surface area (Å²) in [5.74, 6) is 0. The summed E-state index contributed by atoms with van der Waals surface area (Å²) < 4.78 is 0. The van der Waals surface area contributed by atoms with Crippen LogP contribution in [0.1, 0.15) is 5.56 Å². The van der Waals surface area contributed by atoms with Crippen molar-refractivity contribution in [1.82, 2.24) is 0 Å². The van der Waals surface area contributed by atoms with E-state index in [9.17, 15) is 0 Å². The number of hydrogen-bond donors (Lipinski definition) is 0. The van der Waals surface area contributed by atoms with Crippen LogP contribution in [-0.2, 0) is 0 Å². The van der Waals surface area contributed by atoms with E-state index in [0.29, 0.717) is 0 Å². The number of aliphatic imine (C=N–C) groups is 1. The zero-order valence-electron chi connectivity index (χ0n) is 7.04. The van der Waals surface area contributed by atoms with Crippen LogP contribution in [0.25, 0.3) is 0 Å². The van der Waals surface area contributed by atoms with Gasteiger partial charge in [0.15, 0.2) is 0 Å². The van der Waals surface area contributed by atoms with Crippen LogP contribution in [0, 0.1) is 0 Å². The second-order valence-corrected chi connectivity index (χ2v) is 3.41. The van der Waals surface area contributed by atoms with Crippen LogP contribution in [0.15, 0.2) is 29.3 Å². The normalized spacial score (nSPS) is 11.8. The van der Waals surface area contributed by atoms with Crippen LogP contribution < -0.4 is 0 Å². The lowest BCUT2D eigenvalue weighted by atomic mass is 10.2. The van der Waals surface area contributed by atoms with E-state index < -0.39 is 0 Å². The second kappa shape index (κ2) is 4.53. The minimum atomic E-state index is 0.757. The molecule has 0 spiro atoms. The zero-order chi connectivity index (χ0) is 8.97. The molecule has 12 heavy (non-hydrogen) atoms. The topological polar surface area (TPSA) is 12.4 Å². The van der Waals surface area contributed by atoms with Gasteiger partial charge in [0.2, 0.25) is 0 Å². The average molecular weight is 200 g/mol. The Morgan fingerprint density at radius 3 is 2.58 bits per heavy atom. The number of nitrogens with zero attached hydrogens (tertiary/aromatic N) is 1. The third-order valence-electron chi connectivity index (χ3n) is 1.50. The molecule has 0 fully saturated rings. The molecule has 0 unspecified atom stereocenters. The molecule has 1 aromatic rings. The fourth-order valence-electron chi connectivity index (χ4n) is 0.956. The van der Waals surface area contributed by atoms with E-state index in [4.69, 9.17) is 11.6 Å². The minimum absolute atomic E-state index is 0.757. The maximum atomic E-state index is 5.98. The van der Waals surface area contributed by atoms with Gasteiger partial charge in [-0.2, -0.15) is 0 Å². The fraction of sp³-hybridized carbons (Fsp3) is 0.222. The molecule has 0 saturated carbocycles. The molecule has 0 radical (unpaired) electrons. The van der Waals surface area contributed by atoms with E-state index in [1.54, 1.807) is 18.8 Å². The van der Waals surface area contributed by atoms with Crippen molar-refractivity contribution in [2.45, 2.75) is 0 Å². The third-order valence-corrected chi connectivity index (χ3v) is 2.62. The predicted molar refractivity (Wildman–Crippen MR) is 57.4 cm³/mol. The predicted octanol–water partition coefficient (Wildman–Crippen LogP) is 3.08. The second-order valence-electron chi connectivity index (χ2n) is 2.21. The van der Waals surface area contributed by atoms with Gasteiger partial charge in [0, 0.05) is 12.6 Å². The Labute approximate surface area is 81.8 Å². The van der Waals surface area contributed by atoms with Gasteiger partial charge in [-0.1, -0.05) is 29.8 Å². The molecule has 64 valence electrons. The highest BCUT2D eigenvalue weighted by atomic mass is 35.5. The zero-order valence-corrected chi connectivity index (χ0v) is 8.62. The highest BCUT2D eigenvalue weighted by Gasteiger charge is 2.03. The molecule has 0 bridgehead atoms. The van der Waals surface area contributed by atoms with Gasteiger partial charge in [0.05, 0.1) is 10.1 Å². The van der Waals surface area contributed by atoms with Gasteiger partial charge >= 0.3 is 0 Å². The largest absolute Gasteiger partial charge is 0.281 e. The van der Waals surface area contributed by atoms with Crippen LogP contribution >= 0.6 is 23.4 Å². The number of hydrogen-bond acceptors (Lipinski definition) is 2. The van der Waals surface area contributed by atoms with Crippen molar-refractivity contribution in [1.29, 1.82) is 0 Å². The van der Waals surface area contributed by atoms with E-state index >= 15 is 0 Å². The van der Waals surface area contributed by atoms with Crippen molar-refractivity contribution < 1.29 is 0 Å². The Morgan fingerprint density at radius 1 is 1.42 bits per heavy atom. The Bertz CT molecular complexity index is 296. The van der Waals surface area contributed by atoms with Crippen molar-refractivity contribution in [3.63, 3.8) is 0 Å². The smallest absolute Gasteiger partial charge is 0.0985 e. The van der Waals surface area contributed by atoms with Crippen LogP contribution in [-0.4, -0.2) is 18.3 Å². The first-order chi connectivity index (χ1) is 5.79. The van der Waals surface area contributed by atoms with Gasteiger partial charge in [-0.25, -0.2) is 0 Å². The molecule has 0 aromatic heterocycles. The lowest BCUT2D eigenvalue weighted by Gasteiger charge is -2.03. The highest BCUT2D eigenvalue weighted by Crippen LogP contribution is 2.19. The lowest BCUT2D eigenvalue weighted by molar-refractivity contribution is 1.45. The Kier molecular flexibility index (Phi) is 3.63. The number of thioether (sulfide) groups is 1. The van der Waals surface area contributed by atoms with Crippen LogP contribution in [0.5, 0.6) is 0 Å². The Balaban J connectivity index is 3.10. The SMILES string of the molecule is CN=C(SC)c1ccccc1Cl. The first-order valence-electron chi connectivity index (χ1n) is 3.55. The Hall–Kier alpha value is -0.470. The van der Waals surface area contributed by atoms with Gasteiger partial charge in [-0.05, 0) is 12.3 Å². The van der Waals surface area contributed by atoms with E-state index in [2.05, 4.69) is 4.99 Å². The molecular formula is C9H10ClNS. The molecule has 0 N–H and O–H groups in total. The average Bonchev–Trinajstić information content (AvgIpc) is 2.10. The summed E-state index contributed by atoms with van der Waals surface area (Å²) in [4.78, 5) is 4.13. The fourth-order valence-corrected chi connectivity index (χ4v) is 1.82. The quantitative estimate of drug-likeness (QED) is 0.500. The third kappa shape index (κ3) is 2.02. The molecule has 1 rings (SSSR count). The summed E-state index contributed by atoms with van der Waals surface area (Å²) in [7, 11) is 1.77. The molecular weight excluding hydrogens is 190 g/mol. The molecule has 1 aromatic carbocycles. The lowest BCUT2D eigenvalue weighted by Crippen LogP contribution is -1.94.